The summed E-state index contributed by atoms with van der Waals surface area (Å²) >= 11 is 0. The van der Waals surface area contributed by atoms with Gasteiger partial charge >= 0.3 is 0 Å². The monoisotopic (exact) mass is 153 g/mol. The average molecular weight is 153 g/mol. The fourth-order valence-electron chi connectivity index (χ4n) is 0.715. The third-order valence-corrected chi connectivity index (χ3v) is 1.23. The maximum atomic E-state index is 10.7. The second kappa shape index (κ2) is 5.71. The van der Waals surface area contributed by atoms with E-state index in [0.717, 1.165) is 12.1 Å². The first kappa shape index (κ1) is 9.95. The van der Waals surface area contributed by atoms with Crippen LogP contribution >= 0.6 is 0 Å². The van der Waals surface area contributed by atoms with Gasteiger partial charge in [-0.3, -0.25) is 4.79 Å². The Bertz CT molecular complexity index is 180. The highest BCUT2D eigenvalue weighted by atomic mass is 16.1. The number of ketones is 1. The third-order valence-electron chi connectivity index (χ3n) is 1.23. The molecule has 0 aromatic carbocycles. The van der Waals surface area contributed by atoms with Crippen molar-refractivity contribution in [2.75, 3.05) is 6.54 Å². The van der Waals surface area contributed by atoms with E-state index in [9.17, 15) is 4.79 Å². The van der Waals surface area contributed by atoms with Crippen LogP contribution in [-0.4, -0.2) is 12.3 Å². The molecule has 1 rings (SSSR count). The maximum absolute atomic E-state index is 10.7. The molecule has 0 atom stereocenters. The van der Waals surface area contributed by atoms with Crippen LogP contribution in [-0.2, 0) is 4.79 Å². The molecule has 0 unspecified atom stereocenters. The van der Waals surface area contributed by atoms with Gasteiger partial charge in [0.1, 0.15) is 0 Å². The summed E-state index contributed by atoms with van der Waals surface area (Å²) in [4.78, 5) is 10.7. The smallest absolute Gasteiger partial charge is 0.159 e. The van der Waals surface area contributed by atoms with Crippen LogP contribution in [0.3, 0.4) is 0 Å². The van der Waals surface area contributed by atoms with E-state index in [4.69, 9.17) is 0 Å². The molecule has 0 radical (unpaired) electrons. The predicted octanol–water partition coefficient (Wildman–Crippen LogP) is 1.64. The summed E-state index contributed by atoms with van der Waals surface area (Å²) in [5.74, 6) is 0.132. The molecular weight excluding hydrogens is 138 g/mol. The number of carbonyl (C=O) groups excluding carboxylic acids is 1. The molecule has 0 aromatic heterocycles. The van der Waals surface area contributed by atoms with Crippen LogP contribution in [0.15, 0.2) is 23.9 Å². The quantitative estimate of drug-likeness (QED) is 0.620. The number of dihydropyridines is 1. The highest BCUT2D eigenvalue weighted by Gasteiger charge is 1.99. The highest BCUT2D eigenvalue weighted by Crippen LogP contribution is 1.99. The van der Waals surface area contributed by atoms with Crippen LogP contribution in [0, 0.1) is 0 Å². The number of Topliss-reactive ketones (excluding diaryl/α,β-unsaturated/α-hetero) is 1. The van der Waals surface area contributed by atoms with E-state index in [0.29, 0.717) is 0 Å². The average Bonchev–Trinajstić information content (AvgIpc) is 2.10. The van der Waals surface area contributed by atoms with Crippen LogP contribution in [0.5, 0.6) is 0 Å². The fraction of sp³-hybridized carbons (Fsp3) is 0.444. The largest absolute Gasteiger partial charge is 0.387 e. The van der Waals surface area contributed by atoms with Gasteiger partial charge in [0.15, 0.2) is 5.78 Å². The SMILES string of the molecule is CC.CC(=O)C1=CCNC=C1. The highest BCUT2D eigenvalue weighted by molar-refractivity contribution is 5.96. The minimum atomic E-state index is 0.132. The zero-order valence-corrected chi connectivity index (χ0v) is 7.35. The summed E-state index contributed by atoms with van der Waals surface area (Å²) < 4.78 is 0. The van der Waals surface area contributed by atoms with Crippen molar-refractivity contribution in [3.05, 3.63) is 23.9 Å². The number of rotatable bonds is 1. The van der Waals surface area contributed by atoms with E-state index in [-0.39, 0.29) is 5.78 Å². The van der Waals surface area contributed by atoms with Crippen LogP contribution in [0.25, 0.3) is 0 Å². The molecule has 2 nitrogen and oxygen atoms in total. The van der Waals surface area contributed by atoms with Crippen molar-refractivity contribution < 1.29 is 4.79 Å². The van der Waals surface area contributed by atoms with Crippen LogP contribution < -0.4 is 5.32 Å². The van der Waals surface area contributed by atoms with Gasteiger partial charge in [0, 0.05) is 12.1 Å². The Morgan fingerprint density at radius 3 is 2.45 bits per heavy atom. The Hall–Kier alpha value is -1.05. The Morgan fingerprint density at radius 2 is 2.18 bits per heavy atom. The molecule has 1 N–H and O–H groups in total. The lowest BCUT2D eigenvalue weighted by Gasteiger charge is -2.03. The summed E-state index contributed by atoms with van der Waals surface area (Å²) in [5, 5.41) is 2.96. The molecule has 1 aliphatic heterocycles. The first-order valence-electron chi connectivity index (χ1n) is 3.92. The molecule has 0 saturated heterocycles. The van der Waals surface area contributed by atoms with Crippen molar-refractivity contribution in [1.29, 1.82) is 0 Å². The predicted molar refractivity (Wildman–Crippen MR) is 47.3 cm³/mol. The van der Waals surface area contributed by atoms with E-state index in [1.807, 2.05) is 19.9 Å². The van der Waals surface area contributed by atoms with Crippen molar-refractivity contribution in [3.8, 4) is 0 Å². The lowest BCUT2D eigenvalue weighted by Crippen LogP contribution is -2.11. The van der Waals surface area contributed by atoms with Gasteiger partial charge < -0.3 is 5.32 Å². The molecule has 11 heavy (non-hydrogen) atoms. The second-order valence-corrected chi connectivity index (χ2v) is 1.96. The van der Waals surface area contributed by atoms with Gasteiger partial charge in [-0.1, -0.05) is 19.9 Å². The van der Waals surface area contributed by atoms with E-state index < -0.39 is 0 Å². The first-order chi connectivity index (χ1) is 5.30. The number of hydrogen-bond acceptors (Lipinski definition) is 2. The Morgan fingerprint density at radius 1 is 1.55 bits per heavy atom. The van der Waals surface area contributed by atoms with Crippen molar-refractivity contribution in [3.63, 3.8) is 0 Å². The van der Waals surface area contributed by atoms with Gasteiger partial charge in [0.25, 0.3) is 0 Å². The van der Waals surface area contributed by atoms with Crippen molar-refractivity contribution in [1.82, 2.24) is 5.32 Å². The molecule has 1 aliphatic rings. The van der Waals surface area contributed by atoms with Crippen LogP contribution in [0.1, 0.15) is 20.8 Å². The van der Waals surface area contributed by atoms with Crippen LogP contribution in [0.2, 0.25) is 0 Å². The molecule has 0 aliphatic carbocycles. The van der Waals surface area contributed by atoms with Gasteiger partial charge in [-0.2, -0.15) is 0 Å². The van der Waals surface area contributed by atoms with Crippen LogP contribution in [0.4, 0.5) is 0 Å². The molecule has 0 spiro atoms. The molecule has 62 valence electrons. The number of carbonyl (C=O) groups is 1. The molecule has 1 heterocycles. The Labute approximate surface area is 68.0 Å². The van der Waals surface area contributed by atoms with E-state index >= 15 is 0 Å². The summed E-state index contributed by atoms with van der Waals surface area (Å²) in [6.45, 7) is 6.34. The number of nitrogens with one attached hydrogen (secondary N) is 1. The summed E-state index contributed by atoms with van der Waals surface area (Å²) in [5.41, 5.74) is 0.800. The van der Waals surface area contributed by atoms with Crippen molar-refractivity contribution in [2.24, 2.45) is 0 Å². The zero-order chi connectivity index (χ0) is 8.69. The molecule has 0 amide bonds. The second-order valence-electron chi connectivity index (χ2n) is 1.96. The Balaban J connectivity index is 0.000000461. The summed E-state index contributed by atoms with van der Waals surface area (Å²) in [6, 6.07) is 0. The lowest BCUT2D eigenvalue weighted by molar-refractivity contribution is -0.113. The standard InChI is InChI=1S/C7H9NO.C2H6/c1-6(9)7-2-4-8-5-3-7;1-2/h2-4,8H,5H2,1H3;1-2H3. The topological polar surface area (TPSA) is 29.1 Å². The minimum Gasteiger partial charge on any atom is -0.387 e. The maximum Gasteiger partial charge on any atom is 0.159 e. The third kappa shape index (κ3) is 3.61. The Kier molecular flexibility index (Phi) is 5.17. The molecule has 0 saturated carbocycles. The van der Waals surface area contributed by atoms with Gasteiger partial charge in [-0.15, -0.1) is 0 Å². The molecule has 0 aromatic rings. The van der Waals surface area contributed by atoms with Gasteiger partial charge in [0.05, 0.1) is 0 Å². The first-order valence-corrected chi connectivity index (χ1v) is 3.92. The summed E-state index contributed by atoms with van der Waals surface area (Å²) in [7, 11) is 0. The molecule has 2 heteroatoms. The summed E-state index contributed by atoms with van der Waals surface area (Å²) in [6.07, 6.45) is 5.45. The molecule has 0 bridgehead atoms. The minimum absolute atomic E-state index is 0.132. The van der Waals surface area contributed by atoms with Crippen molar-refractivity contribution in [2.45, 2.75) is 20.8 Å². The number of hydrogen-bond donors (Lipinski definition) is 1. The normalized spacial score (nSPS) is 13.9. The van der Waals surface area contributed by atoms with E-state index in [2.05, 4.69) is 5.32 Å². The number of allylic oxidation sites excluding steroid dienone is 2. The van der Waals surface area contributed by atoms with Gasteiger partial charge in [-0.25, -0.2) is 0 Å². The lowest BCUT2D eigenvalue weighted by atomic mass is 10.1. The van der Waals surface area contributed by atoms with Gasteiger partial charge in [0.2, 0.25) is 0 Å². The zero-order valence-electron chi connectivity index (χ0n) is 7.35. The molecule has 0 fully saturated rings. The molecular formula is C9H15NO. The van der Waals surface area contributed by atoms with Crippen molar-refractivity contribution >= 4 is 5.78 Å². The fourth-order valence-corrected chi connectivity index (χ4v) is 0.715. The van der Waals surface area contributed by atoms with E-state index in [1.54, 1.807) is 19.2 Å². The van der Waals surface area contributed by atoms with Gasteiger partial charge in [-0.05, 0) is 19.2 Å². The van der Waals surface area contributed by atoms with E-state index in [1.165, 1.54) is 0 Å².